The zero-order valence-corrected chi connectivity index (χ0v) is 8.90. The van der Waals surface area contributed by atoms with Crippen molar-refractivity contribution in [1.82, 2.24) is 14.9 Å². The van der Waals surface area contributed by atoms with Gasteiger partial charge in [-0.25, -0.2) is 4.98 Å². The first-order valence-electron chi connectivity index (χ1n) is 5.10. The largest absolute Gasteiger partial charge is 0.396 e. The number of nitrogens with one attached hydrogen (secondary N) is 1. The van der Waals surface area contributed by atoms with Crippen LogP contribution in [0.2, 0.25) is 0 Å². The van der Waals surface area contributed by atoms with Gasteiger partial charge in [0.05, 0.1) is 0 Å². The predicted octanol–water partition coefficient (Wildman–Crippen LogP) is 0.416. The summed E-state index contributed by atoms with van der Waals surface area (Å²) < 4.78 is 2.14. The molecule has 0 aliphatic heterocycles. The maximum atomic E-state index is 8.86. The molecular weight excluding hydrogens is 178 g/mol. The second kappa shape index (κ2) is 5.78. The van der Waals surface area contributed by atoms with Gasteiger partial charge in [-0.15, -0.1) is 0 Å². The molecule has 0 fully saturated rings. The van der Waals surface area contributed by atoms with E-state index < -0.39 is 0 Å². The second-order valence-electron chi connectivity index (χ2n) is 3.35. The Morgan fingerprint density at radius 2 is 2.43 bits per heavy atom. The SMILES string of the molecule is CCc1nccn1CC(CCO)NC. The van der Waals surface area contributed by atoms with Crippen LogP contribution in [0.1, 0.15) is 19.2 Å². The molecule has 1 heterocycles. The number of nitrogens with zero attached hydrogens (tertiary/aromatic N) is 2. The first-order chi connectivity index (χ1) is 6.81. The van der Waals surface area contributed by atoms with Crippen LogP contribution in [0.3, 0.4) is 0 Å². The van der Waals surface area contributed by atoms with E-state index in [4.69, 9.17) is 5.11 Å². The molecule has 1 aromatic rings. The summed E-state index contributed by atoms with van der Waals surface area (Å²) in [6, 6.07) is 0.319. The van der Waals surface area contributed by atoms with Crippen molar-refractivity contribution >= 4 is 0 Å². The van der Waals surface area contributed by atoms with Crippen molar-refractivity contribution in [1.29, 1.82) is 0 Å². The van der Waals surface area contributed by atoms with Gasteiger partial charge in [0, 0.05) is 38.0 Å². The van der Waals surface area contributed by atoms with Crippen LogP contribution in [0.4, 0.5) is 0 Å². The molecule has 0 aliphatic rings. The van der Waals surface area contributed by atoms with Crippen molar-refractivity contribution in [3.05, 3.63) is 18.2 Å². The highest BCUT2D eigenvalue weighted by molar-refractivity contribution is 4.92. The molecule has 0 aliphatic carbocycles. The van der Waals surface area contributed by atoms with Gasteiger partial charge in [-0.1, -0.05) is 6.92 Å². The van der Waals surface area contributed by atoms with Gasteiger partial charge in [-0.2, -0.15) is 0 Å². The molecule has 1 unspecified atom stereocenters. The summed E-state index contributed by atoms with van der Waals surface area (Å²) in [5, 5.41) is 12.0. The van der Waals surface area contributed by atoms with E-state index in [9.17, 15) is 0 Å². The Morgan fingerprint density at radius 3 is 3.00 bits per heavy atom. The van der Waals surface area contributed by atoms with Gasteiger partial charge in [0.25, 0.3) is 0 Å². The van der Waals surface area contributed by atoms with Crippen LogP contribution >= 0.6 is 0 Å². The summed E-state index contributed by atoms with van der Waals surface area (Å²) in [5.41, 5.74) is 0. The molecule has 14 heavy (non-hydrogen) atoms. The summed E-state index contributed by atoms with van der Waals surface area (Å²) in [6.07, 6.45) is 5.53. The quantitative estimate of drug-likeness (QED) is 0.694. The van der Waals surface area contributed by atoms with E-state index in [0.29, 0.717) is 6.04 Å². The molecule has 0 spiro atoms. The number of hydrogen-bond donors (Lipinski definition) is 2. The van der Waals surface area contributed by atoms with E-state index in [1.165, 1.54) is 0 Å². The average molecular weight is 197 g/mol. The summed E-state index contributed by atoms with van der Waals surface area (Å²) in [7, 11) is 1.92. The third-order valence-corrected chi connectivity index (χ3v) is 2.42. The molecule has 1 rings (SSSR count). The third kappa shape index (κ3) is 2.82. The van der Waals surface area contributed by atoms with Crippen LogP contribution in [-0.2, 0) is 13.0 Å². The van der Waals surface area contributed by atoms with E-state index in [1.807, 2.05) is 19.4 Å². The fourth-order valence-electron chi connectivity index (χ4n) is 1.54. The third-order valence-electron chi connectivity index (χ3n) is 2.42. The van der Waals surface area contributed by atoms with Crippen molar-refractivity contribution in [2.24, 2.45) is 0 Å². The van der Waals surface area contributed by atoms with Crippen LogP contribution in [-0.4, -0.2) is 34.4 Å². The normalized spacial score (nSPS) is 13.1. The minimum atomic E-state index is 0.224. The zero-order chi connectivity index (χ0) is 10.4. The molecule has 80 valence electrons. The van der Waals surface area contributed by atoms with Gasteiger partial charge >= 0.3 is 0 Å². The first-order valence-corrected chi connectivity index (χ1v) is 5.10. The van der Waals surface area contributed by atoms with Crippen molar-refractivity contribution in [2.45, 2.75) is 32.4 Å². The number of likely N-dealkylation sites (N-methyl/N-ethyl adjacent to an activating group) is 1. The van der Waals surface area contributed by atoms with E-state index in [-0.39, 0.29) is 6.61 Å². The Kier molecular flexibility index (Phi) is 4.62. The Morgan fingerprint density at radius 1 is 1.64 bits per heavy atom. The minimum Gasteiger partial charge on any atom is -0.396 e. The molecular formula is C10H19N3O. The topological polar surface area (TPSA) is 50.1 Å². The van der Waals surface area contributed by atoms with Crippen molar-refractivity contribution < 1.29 is 5.11 Å². The lowest BCUT2D eigenvalue weighted by Gasteiger charge is -2.16. The Bertz CT molecular complexity index is 260. The number of rotatable bonds is 6. The van der Waals surface area contributed by atoms with Crippen molar-refractivity contribution in [3.8, 4) is 0 Å². The molecule has 0 aromatic carbocycles. The van der Waals surface area contributed by atoms with Gasteiger partial charge < -0.3 is 15.0 Å². The van der Waals surface area contributed by atoms with Crippen LogP contribution < -0.4 is 5.32 Å². The number of hydrogen-bond acceptors (Lipinski definition) is 3. The second-order valence-corrected chi connectivity index (χ2v) is 3.35. The molecule has 0 saturated heterocycles. The minimum absolute atomic E-state index is 0.224. The van der Waals surface area contributed by atoms with Gasteiger partial charge in [0.1, 0.15) is 5.82 Å². The lowest BCUT2D eigenvalue weighted by atomic mass is 10.2. The fourth-order valence-corrected chi connectivity index (χ4v) is 1.54. The van der Waals surface area contributed by atoms with Crippen LogP contribution in [0, 0.1) is 0 Å². The van der Waals surface area contributed by atoms with E-state index >= 15 is 0 Å². The Hall–Kier alpha value is -0.870. The van der Waals surface area contributed by atoms with Crippen LogP contribution in [0.25, 0.3) is 0 Å². The maximum absolute atomic E-state index is 8.86. The molecule has 0 amide bonds. The van der Waals surface area contributed by atoms with Gasteiger partial charge in [0.2, 0.25) is 0 Å². The van der Waals surface area contributed by atoms with E-state index in [1.54, 1.807) is 0 Å². The molecule has 0 bridgehead atoms. The number of aliphatic hydroxyl groups excluding tert-OH is 1. The molecule has 1 aromatic heterocycles. The maximum Gasteiger partial charge on any atom is 0.108 e. The predicted molar refractivity (Wildman–Crippen MR) is 56.2 cm³/mol. The highest BCUT2D eigenvalue weighted by atomic mass is 16.3. The monoisotopic (exact) mass is 197 g/mol. The van der Waals surface area contributed by atoms with Gasteiger partial charge in [-0.3, -0.25) is 0 Å². The molecule has 1 atom stereocenters. The summed E-state index contributed by atoms with van der Waals surface area (Å²) in [4.78, 5) is 4.25. The van der Waals surface area contributed by atoms with Gasteiger partial charge in [-0.05, 0) is 13.5 Å². The number of aromatic nitrogens is 2. The lowest BCUT2D eigenvalue weighted by molar-refractivity contribution is 0.260. The summed E-state index contributed by atoms with van der Waals surface area (Å²) in [6.45, 7) is 3.20. The summed E-state index contributed by atoms with van der Waals surface area (Å²) in [5.74, 6) is 1.10. The molecule has 0 radical (unpaired) electrons. The van der Waals surface area contributed by atoms with Crippen molar-refractivity contribution in [2.75, 3.05) is 13.7 Å². The zero-order valence-electron chi connectivity index (χ0n) is 8.90. The van der Waals surface area contributed by atoms with E-state index in [0.717, 1.165) is 25.2 Å². The lowest BCUT2D eigenvalue weighted by Crippen LogP contribution is -2.31. The average Bonchev–Trinajstić information content (AvgIpc) is 2.64. The number of aliphatic hydroxyl groups is 1. The Labute approximate surface area is 85.0 Å². The number of aryl methyl sites for hydroxylation is 1. The van der Waals surface area contributed by atoms with Crippen molar-refractivity contribution in [3.63, 3.8) is 0 Å². The highest BCUT2D eigenvalue weighted by Gasteiger charge is 2.08. The first kappa shape index (κ1) is 11.2. The smallest absolute Gasteiger partial charge is 0.108 e. The van der Waals surface area contributed by atoms with Crippen LogP contribution in [0.5, 0.6) is 0 Å². The number of imidazole rings is 1. The van der Waals surface area contributed by atoms with Gasteiger partial charge in [0.15, 0.2) is 0 Å². The van der Waals surface area contributed by atoms with E-state index in [2.05, 4.69) is 21.8 Å². The molecule has 0 saturated carbocycles. The summed E-state index contributed by atoms with van der Waals surface area (Å²) >= 11 is 0. The van der Waals surface area contributed by atoms with Crippen LogP contribution in [0.15, 0.2) is 12.4 Å². The Balaban J connectivity index is 2.56. The molecule has 4 nitrogen and oxygen atoms in total. The molecule has 2 N–H and O–H groups in total. The standard InChI is InChI=1S/C10H19N3O/c1-3-10-12-5-6-13(10)8-9(11-2)4-7-14/h5-6,9,11,14H,3-4,7-8H2,1-2H3. The fraction of sp³-hybridized carbons (Fsp3) is 0.700. The molecule has 4 heteroatoms. The highest BCUT2D eigenvalue weighted by Crippen LogP contribution is 2.02.